The van der Waals surface area contributed by atoms with E-state index in [0.717, 1.165) is 4.47 Å². The first-order valence-electron chi connectivity index (χ1n) is 5.37. The topological polar surface area (TPSA) is 80.5 Å². The van der Waals surface area contributed by atoms with E-state index in [0.29, 0.717) is 11.3 Å². The van der Waals surface area contributed by atoms with E-state index in [2.05, 4.69) is 15.9 Å². The molecule has 0 aromatic heterocycles. The van der Waals surface area contributed by atoms with Crippen LogP contribution in [0.4, 0.5) is 5.69 Å². The molecule has 1 aromatic rings. The van der Waals surface area contributed by atoms with Crippen LogP contribution in [0.3, 0.4) is 0 Å². The van der Waals surface area contributed by atoms with E-state index in [1.807, 2.05) is 0 Å². The van der Waals surface area contributed by atoms with Crippen molar-refractivity contribution in [3.63, 3.8) is 0 Å². The number of nitrogens with zero attached hydrogens (tertiary/aromatic N) is 1. The molecule has 1 aromatic carbocycles. The number of carbonyl (C=O) groups excluding carboxylic acids is 3. The van der Waals surface area contributed by atoms with Crippen molar-refractivity contribution in [1.82, 2.24) is 0 Å². The summed E-state index contributed by atoms with van der Waals surface area (Å²) in [4.78, 5) is 35.9. The van der Waals surface area contributed by atoms with Gasteiger partial charge >= 0.3 is 0 Å². The van der Waals surface area contributed by atoms with Crippen LogP contribution in [0, 0.1) is 5.92 Å². The van der Waals surface area contributed by atoms with Crippen LogP contribution in [0.5, 0.6) is 0 Å². The number of carbonyl (C=O) groups is 3. The van der Waals surface area contributed by atoms with Gasteiger partial charge < -0.3 is 10.6 Å². The Hall–Kier alpha value is -1.69. The normalized spacial score (nSPS) is 15.8. The molecular weight excluding hydrogens is 300 g/mol. The maximum absolute atomic E-state index is 11.8. The van der Waals surface area contributed by atoms with E-state index in [9.17, 15) is 14.4 Å². The Kier molecular flexibility index (Phi) is 3.21. The van der Waals surface area contributed by atoms with Crippen molar-refractivity contribution in [2.24, 2.45) is 11.7 Å². The first-order chi connectivity index (χ1) is 8.41. The molecule has 2 N–H and O–H groups in total. The highest BCUT2D eigenvalue weighted by atomic mass is 79.9. The lowest BCUT2D eigenvalue weighted by Gasteiger charge is -2.19. The fourth-order valence-corrected chi connectivity index (χ4v) is 2.16. The molecule has 0 radical (unpaired) electrons. The highest BCUT2D eigenvalue weighted by Crippen LogP contribution is 2.32. The van der Waals surface area contributed by atoms with E-state index < -0.39 is 23.5 Å². The third kappa shape index (κ3) is 2.03. The minimum atomic E-state index is -0.615. The van der Waals surface area contributed by atoms with Crippen molar-refractivity contribution >= 4 is 39.2 Å². The zero-order chi connectivity index (χ0) is 13.4. The lowest BCUT2D eigenvalue weighted by atomic mass is 10.1. The number of ketones is 1. The molecular formula is C12H11BrN2O3. The number of anilines is 1. The molecule has 1 atom stereocenters. The monoisotopic (exact) mass is 310 g/mol. The Morgan fingerprint density at radius 3 is 2.72 bits per heavy atom. The van der Waals surface area contributed by atoms with E-state index >= 15 is 0 Å². The van der Waals surface area contributed by atoms with Gasteiger partial charge in [-0.25, -0.2) is 0 Å². The average Bonchev–Trinajstić information content (AvgIpc) is 2.54. The molecule has 1 heterocycles. The molecule has 0 saturated heterocycles. The summed E-state index contributed by atoms with van der Waals surface area (Å²) >= 11 is 3.29. The van der Waals surface area contributed by atoms with Gasteiger partial charge in [0.2, 0.25) is 5.91 Å². The van der Waals surface area contributed by atoms with Crippen molar-refractivity contribution in [2.45, 2.75) is 6.92 Å². The number of nitrogens with two attached hydrogens (primary N) is 1. The van der Waals surface area contributed by atoms with E-state index in [1.54, 1.807) is 25.1 Å². The van der Waals surface area contributed by atoms with E-state index in [-0.39, 0.29) is 6.54 Å². The fourth-order valence-electron chi connectivity index (χ4n) is 1.81. The molecule has 2 rings (SSSR count). The highest BCUT2D eigenvalue weighted by Gasteiger charge is 2.36. The van der Waals surface area contributed by atoms with Crippen LogP contribution in [0.25, 0.3) is 0 Å². The zero-order valence-corrected chi connectivity index (χ0v) is 11.2. The summed E-state index contributed by atoms with van der Waals surface area (Å²) in [6.45, 7) is 1.74. The van der Waals surface area contributed by atoms with Gasteiger partial charge in [-0.3, -0.25) is 14.4 Å². The van der Waals surface area contributed by atoms with Gasteiger partial charge in [-0.15, -0.1) is 0 Å². The van der Waals surface area contributed by atoms with E-state index in [4.69, 9.17) is 5.73 Å². The first kappa shape index (κ1) is 12.8. The maximum Gasteiger partial charge on any atom is 0.299 e. The van der Waals surface area contributed by atoms with Gasteiger partial charge in [-0.2, -0.15) is 0 Å². The number of Topliss-reactive ketones (excluding diaryl/α,β-unsaturated/α-hetero) is 1. The van der Waals surface area contributed by atoms with Crippen LogP contribution in [0.15, 0.2) is 22.7 Å². The second-order valence-electron chi connectivity index (χ2n) is 4.21. The number of amides is 2. The first-order valence-corrected chi connectivity index (χ1v) is 6.16. The molecule has 2 amide bonds. The SMILES string of the molecule is CC(CN1C(=O)C(=O)c2ccc(Br)cc21)C(N)=O. The van der Waals surface area contributed by atoms with Crippen LogP contribution in [-0.2, 0) is 9.59 Å². The molecule has 0 spiro atoms. The van der Waals surface area contributed by atoms with Crippen molar-refractivity contribution in [3.8, 4) is 0 Å². The minimum Gasteiger partial charge on any atom is -0.369 e. The standard InChI is InChI=1S/C12H11BrN2O3/c1-6(11(14)17)5-15-9-4-7(13)2-3-8(9)10(16)12(15)18/h2-4,6H,5H2,1H3,(H2,14,17). The molecule has 0 bridgehead atoms. The molecule has 94 valence electrons. The second-order valence-corrected chi connectivity index (χ2v) is 5.13. The van der Waals surface area contributed by atoms with Crippen LogP contribution in [-0.4, -0.2) is 24.1 Å². The Balaban J connectivity index is 2.39. The Morgan fingerprint density at radius 1 is 1.44 bits per heavy atom. The Morgan fingerprint density at radius 2 is 2.11 bits per heavy atom. The lowest BCUT2D eigenvalue weighted by Crippen LogP contribution is -2.38. The highest BCUT2D eigenvalue weighted by molar-refractivity contribution is 9.10. The zero-order valence-electron chi connectivity index (χ0n) is 9.64. The third-order valence-corrected chi connectivity index (χ3v) is 3.37. The van der Waals surface area contributed by atoms with Crippen LogP contribution < -0.4 is 10.6 Å². The maximum atomic E-state index is 11.8. The van der Waals surface area contributed by atoms with Crippen molar-refractivity contribution in [3.05, 3.63) is 28.2 Å². The lowest BCUT2D eigenvalue weighted by molar-refractivity contribution is -0.121. The summed E-state index contributed by atoms with van der Waals surface area (Å²) in [5, 5.41) is 0. The molecule has 0 aliphatic carbocycles. The third-order valence-electron chi connectivity index (χ3n) is 2.88. The Bertz CT molecular complexity index is 556. The molecule has 5 nitrogen and oxygen atoms in total. The van der Waals surface area contributed by atoms with Crippen LogP contribution in [0.2, 0.25) is 0 Å². The van der Waals surface area contributed by atoms with Gasteiger partial charge in [0.15, 0.2) is 0 Å². The van der Waals surface area contributed by atoms with Crippen LogP contribution in [0.1, 0.15) is 17.3 Å². The van der Waals surface area contributed by atoms with Crippen LogP contribution >= 0.6 is 15.9 Å². The second kappa shape index (κ2) is 4.53. The van der Waals surface area contributed by atoms with Crippen molar-refractivity contribution in [1.29, 1.82) is 0 Å². The van der Waals surface area contributed by atoms with Crippen molar-refractivity contribution in [2.75, 3.05) is 11.4 Å². The number of rotatable bonds is 3. The Labute approximate surface area is 112 Å². The number of benzene rings is 1. The summed E-state index contributed by atoms with van der Waals surface area (Å²) in [6.07, 6.45) is 0. The van der Waals surface area contributed by atoms with Gasteiger partial charge in [0, 0.05) is 11.0 Å². The van der Waals surface area contributed by atoms with Gasteiger partial charge in [0.1, 0.15) is 0 Å². The summed E-state index contributed by atoms with van der Waals surface area (Å²) < 4.78 is 0.764. The molecule has 1 aliphatic rings. The number of hydrogen-bond donors (Lipinski definition) is 1. The number of halogens is 1. The largest absolute Gasteiger partial charge is 0.369 e. The average molecular weight is 311 g/mol. The minimum absolute atomic E-state index is 0.114. The summed E-state index contributed by atoms with van der Waals surface area (Å²) in [7, 11) is 0. The predicted octanol–water partition coefficient (Wildman–Crippen LogP) is 1.10. The molecule has 0 saturated carbocycles. The predicted molar refractivity (Wildman–Crippen MR) is 69.2 cm³/mol. The number of hydrogen-bond acceptors (Lipinski definition) is 3. The molecule has 0 fully saturated rings. The molecule has 1 aliphatic heterocycles. The van der Waals surface area contributed by atoms with Crippen molar-refractivity contribution < 1.29 is 14.4 Å². The van der Waals surface area contributed by atoms with Gasteiger partial charge in [0.05, 0.1) is 17.2 Å². The smallest absolute Gasteiger partial charge is 0.299 e. The fraction of sp³-hybridized carbons (Fsp3) is 0.250. The molecule has 18 heavy (non-hydrogen) atoms. The summed E-state index contributed by atoms with van der Waals surface area (Å²) in [6, 6.07) is 4.98. The summed E-state index contributed by atoms with van der Waals surface area (Å²) in [5.41, 5.74) is 6.05. The van der Waals surface area contributed by atoms with E-state index in [1.165, 1.54) is 4.90 Å². The van der Waals surface area contributed by atoms with Gasteiger partial charge in [-0.1, -0.05) is 22.9 Å². The molecule has 6 heteroatoms. The summed E-state index contributed by atoms with van der Waals surface area (Å²) in [5.74, 6) is -2.17. The van der Waals surface area contributed by atoms with Gasteiger partial charge in [-0.05, 0) is 18.2 Å². The quantitative estimate of drug-likeness (QED) is 0.849. The molecule has 1 unspecified atom stereocenters. The number of primary amides is 1. The van der Waals surface area contributed by atoms with Gasteiger partial charge in [0.25, 0.3) is 11.7 Å². The number of fused-ring (bicyclic) bond motifs is 1.